The highest BCUT2D eigenvalue weighted by Gasteiger charge is 2.48. The van der Waals surface area contributed by atoms with Crippen molar-refractivity contribution in [3.63, 3.8) is 0 Å². The van der Waals surface area contributed by atoms with Crippen LogP contribution in [0.4, 0.5) is 10.5 Å². The topological polar surface area (TPSA) is 97.4 Å². The molecule has 0 radical (unpaired) electrons. The summed E-state index contributed by atoms with van der Waals surface area (Å²) >= 11 is 12.8. The molecule has 0 saturated carbocycles. The maximum Gasteiger partial charge on any atom is 0.334 e. The first kappa shape index (κ1) is 34.0. The summed E-state index contributed by atoms with van der Waals surface area (Å²) in [7, 11) is 0. The second-order valence-corrected chi connectivity index (χ2v) is 13.8. The minimum Gasteiger partial charge on any atom is -0.491 e. The van der Waals surface area contributed by atoms with E-state index in [4.69, 9.17) is 37.4 Å². The van der Waals surface area contributed by atoms with Crippen molar-refractivity contribution in [3.05, 3.63) is 82.4 Å². The number of nitrogens with zero attached hydrogens (tertiary/aromatic N) is 6. The average molecular weight is 712 g/mol. The lowest BCUT2D eigenvalue weighted by Crippen LogP contribution is -2.65. The van der Waals surface area contributed by atoms with Gasteiger partial charge in [0.2, 0.25) is 5.79 Å². The van der Waals surface area contributed by atoms with E-state index < -0.39 is 11.4 Å². The summed E-state index contributed by atoms with van der Waals surface area (Å²) in [4.78, 5) is 22.0. The number of hydrogen-bond acceptors (Lipinski definition) is 10. The number of benzene rings is 2. The van der Waals surface area contributed by atoms with Crippen molar-refractivity contribution in [1.29, 1.82) is 0 Å². The van der Waals surface area contributed by atoms with Crippen LogP contribution in [-0.2, 0) is 15.3 Å². The van der Waals surface area contributed by atoms with Crippen LogP contribution >= 0.6 is 23.2 Å². The van der Waals surface area contributed by atoms with Gasteiger partial charge >= 0.3 is 6.03 Å². The molecule has 262 valence electrons. The van der Waals surface area contributed by atoms with Crippen LogP contribution in [0.5, 0.6) is 5.75 Å². The predicted octanol–water partition coefficient (Wildman–Crippen LogP) is 4.78. The number of rotatable bonds is 12. The van der Waals surface area contributed by atoms with E-state index in [1.54, 1.807) is 18.5 Å². The molecular formula is C35H44Cl2N8O4. The van der Waals surface area contributed by atoms with Crippen LogP contribution in [0.1, 0.15) is 31.7 Å². The Morgan fingerprint density at radius 2 is 1.92 bits per heavy atom. The Balaban J connectivity index is 0.947. The fourth-order valence-corrected chi connectivity index (χ4v) is 7.70. The van der Waals surface area contributed by atoms with Gasteiger partial charge in [-0.05, 0) is 48.9 Å². The second kappa shape index (κ2) is 14.8. The number of piperazine rings is 1. The Kier molecular flexibility index (Phi) is 10.2. The lowest BCUT2D eigenvalue weighted by molar-refractivity contribution is -0.185. The third-order valence-corrected chi connectivity index (χ3v) is 10.3. The monoisotopic (exact) mass is 710 g/mol. The molecule has 12 nitrogen and oxygen atoms in total. The Morgan fingerprint density at radius 3 is 2.63 bits per heavy atom. The Morgan fingerprint density at radius 1 is 1.08 bits per heavy atom. The van der Waals surface area contributed by atoms with E-state index in [9.17, 15) is 4.79 Å². The highest BCUT2D eigenvalue weighted by molar-refractivity contribution is 6.35. The van der Waals surface area contributed by atoms with E-state index in [1.807, 2.05) is 33.0 Å². The summed E-state index contributed by atoms with van der Waals surface area (Å²) in [6.07, 6.45) is 12.8. The quantitative estimate of drug-likeness (QED) is 0.323. The number of unbranched alkanes of at least 4 members (excludes halogenated alkanes) is 1. The van der Waals surface area contributed by atoms with Crippen LogP contribution in [0, 0.1) is 0 Å². The van der Waals surface area contributed by atoms with Gasteiger partial charge in [0.1, 0.15) is 37.1 Å². The fraction of sp³-hybridized carbons (Fsp3) is 0.486. The average Bonchev–Trinajstić information content (AvgIpc) is 3.88. The highest BCUT2D eigenvalue weighted by Crippen LogP contribution is 2.40. The van der Waals surface area contributed by atoms with Gasteiger partial charge in [-0.3, -0.25) is 20.7 Å². The molecule has 2 aromatic rings. The molecule has 2 aromatic carbocycles. The third kappa shape index (κ3) is 7.21. The summed E-state index contributed by atoms with van der Waals surface area (Å²) in [5, 5.41) is 7.16. The zero-order chi connectivity index (χ0) is 33.8. The largest absolute Gasteiger partial charge is 0.491 e. The number of hydrazine groups is 1. The number of hydrazone groups is 1. The molecule has 5 aliphatic rings. The summed E-state index contributed by atoms with van der Waals surface area (Å²) in [6, 6.07) is 13.5. The van der Waals surface area contributed by atoms with Gasteiger partial charge in [0, 0.05) is 55.4 Å². The fourth-order valence-electron chi connectivity index (χ4n) is 7.15. The van der Waals surface area contributed by atoms with Crippen LogP contribution in [0.15, 0.2) is 71.9 Å². The summed E-state index contributed by atoms with van der Waals surface area (Å²) in [5.74, 6) is -0.329. The van der Waals surface area contributed by atoms with Gasteiger partial charge < -0.3 is 24.0 Å². The van der Waals surface area contributed by atoms with E-state index in [2.05, 4.69) is 69.1 Å². The van der Waals surface area contributed by atoms with Gasteiger partial charge in [0.15, 0.2) is 0 Å². The number of carbonyl (C=O) groups excluding carboxylic acids is 1. The van der Waals surface area contributed by atoms with Crippen LogP contribution < -0.4 is 20.5 Å². The van der Waals surface area contributed by atoms with Crippen molar-refractivity contribution in [2.24, 2.45) is 5.10 Å². The van der Waals surface area contributed by atoms with Crippen molar-refractivity contribution in [3.8, 4) is 5.75 Å². The lowest BCUT2D eigenvalue weighted by Gasteiger charge is -2.50. The minimum atomic E-state index is -1.09. The number of carbonyl (C=O) groups is 1. The van der Waals surface area contributed by atoms with E-state index in [0.29, 0.717) is 48.7 Å². The third-order valence-electron chi connectivity index (χ3n) is 9.75. The SMILES string of the molecule is CCCCN1CN(C2(N3CCN(c4ccc(OCC5COC(CN6C=NNC6)(c6ccc(Cl)cc6Cl)O5)cc4)CC3)C=CC=CC2)C(=O)N1. The highest BCUT2D eigenvalue weighted by atomic mass is 35.5. The van der Waals surface area contributed by atoms with Crippen molar-refractivity contribution in [2.75, 3.05) is 70.7 Å². The second-order valence-electron chi connectivity index (χ2n) is 13.0. The summed E-state index contributed by atoms with van der Waals surface area (Å²) < 4.78 is 19.0. The molecule has 7 rings (SSSR count). The van der Waals surface area contributed by atoms with Crippen LogP contribution in [0.3, 0.4) is 0 Å². The standard InChI is InChI=1S/C35H44Cl2N8O4/c1-2-3-15-44-26-45(33(46)40-44)34(13-5-4-6-14-34)43-18-16-42(17-19-43)28-8-10-29(11-9-28)47-21-30-22-48-35(49-30,23-41-24-38-39-25-41)31-12-7-27(36)20-32(31)37/h4-13,20,24,30,39H,2-3,14-19,21-23,25-26H2,1H3,(H,40,46). The Bertz CT molecular complexity index is 1570. The number of nitrogens with one attached hydrogen (secondary N) is 2. The maximum absolute atomic E-state index is 13.2. The molecule has 0 spiro atoms. The molecule has 0 aromatic heterocycles. The number of hydrogen-bond donors (Lipinski definition) is 2. The number of allylic oxidation sites excluding steroid dienone is 2. The number of amides is 2. The van der Waals surface area contributed by atoms with Crippen molar-refractivity contribution in [2.45, 2.75) is 43.7 Å². The van der Waals surface area contributed by atoms with E-state index in [0.717, 1.165) is 63.4 Å². The summed E-state index contributed by atoms with van der Waals surface area (Å²) in [6.45, 7) is 8.62. The Hall–Kier alpha value is -3.52. The molecule has 3 atom stereocenters. The molecule has 3 fully saturated rings. The molecule has 1 aliphatic carbocycles. The number of ether oxygens (including phenoxy) is 3. The molecule has 3 saturated heterocycles. The first-order chi connectivity index (χ1) is 23.9. The van der Waals surface area contributed by atoms with E-state index in [1.165, 1.54) is 0 Å². The summed E-state index contributed by atoms with van der Waals surface area (Å²) in [5.41, 5.74) is 7.41. The molecular weight excluding hydrogens is 667 g/mol. The zero-order valence-corrected chi connectivity index (χ0v) is 29.3. The van der Waals surface area contributed by atoms with Gasteiger partial charge in [-0.2, -0.15) is 5.10 Å². The smallest absolute Gasteiger partial charge is 0.334 e. The lowest BCUT2D eigenvalue weighted by atomic mass is 9.96. The molecule has 2 N–H and O–H groups in total. The van der Waals surface area contributed by atoms with Gasteiger partial charge in [0.05, 0.1) is 24.8 Å². The zero-order valence-electron chi connectivity index (χ0n) is 27.8. The minimum absolute atomic E-state index is 0.0264. The molecule has 3 unspecified atom stereocenters. The molecule has 14 heteroatoms. The van der Waals surface area contributed by atoms with E-state index in [-0.39, 0.29) is 12.1 Å². The number of urea groups is 1. The van der Waals surface area contributed by atoms with E-state index >= 15 is 0 Å². The molecule has 4 aliphatic heterocycles. The van der Waals surface area contributed by atoms with Crippen molar-refractivity contribution in [1.82, 2.24) is 30.6 Å². The molecule has 2 amide bonds. The first-order valence-electron chi connectivity index (χ1n) is 17.1. The van der Waals surface area contributed by atoms with Crippen molar-refractivity contribution < 1.29 is 19.0 Å². The number of halogens is 2. The van der Waals surface area contributed by atoms with Gasteiger partial charge in [-0.15, -0.1) is 0 Å². The molecule has 4 heterocycles. The predicted molar refractivity (Wildman–Crippen MR) is 190 cm³/mol. The van der Waals surface area contributed by atoms with Crippen LogP contribution in [-0.4, -0.2) is 110 Å². The van der Waals surface area contributed by atoms with Crippen LogP contribution in [0.25, 0.3) is 0 Å². The Labute approximate surface area is 297 Å². The van der Waals surface area contributed by atoms with Gasteiger partial charge in [-0.25, -0.2) is 9.80 Å². The van der Waals surface area contributed by atoms with Gasteiger partial charge in [0.25, 0.3) is 0 Å². The molecule has 49 heavy (non-hydrogen) atoms. The van der Waals surface area contributed by atoms with Crippen molar-refractivity contribution >= 4 is 41.3 Å². The van der Waals surface area contributed by atoms with Crippen LogP contribution in [0.2, 0.25) is 10.0 Å². The first-order valence-corrected chi connectivity index (χ1v) is 17.8. The number of anilines is 1. The van der Waals surface area contributed by atoms with Gasteiger partial charge in [-0.1, -0.05) is 60.8 Å². The normalized spacial score (nSPS) is 27.3. The molecule has 0 bridgehead atoms. The maximum atomic E-state index is 13.2.